The van der Waals surface area contributed by atoms with E-state index in [9.17, 15) is 5.21 Å². The summed E-state index contributed by atoms with van der Waals surface area (Å²) in [5, 5.41) is 10.6. The highest BCUT2D eigenvalue weighted by atomic mass is 32.2. The van der Waals surface area contributed by atoms with Gasteiger partial charge in [0.05, 0.1) is 0 Å². The molecule has 0 saturated heterocycles. The van der Waals surface area contributed by atoms with Gasteiger partial charge in [0, 0.05) is 10.5 Å². The maximum Gasteiger partial charge on any atom is 0.181 e. The van der Waals surface area contributed by atoms with Crippen molar-refractivity contribution in [1.29, 1.82) is 0 Å². The van der Waals surface area contributed by atoms with E-state index in [0.29, 0.717) is 0 Å². The summed E-state index contributed by atoms with van der Waals surface area (Å²) in [6.07, 6.45) is 3.57. The molecule has 0 fully saturated rings. The Labute approximate surface area is 76.5 Å². The van der Waals surface area contributed by atoms with Crippen molar-refractivity contribution in [2.45, 2.75) is 4.90 Å². The molecule has 0 atom stereocenters. The van der Waals surface area contributed by atoms with E-state index in [4.69, 9.17) is 0 Å². The summed E-state index contributed by atoms with van der Waals surface area (Å²) in [6.45, 7) is 0. The molecule has 0 bridgehead atoms. The van der Waals surface area contributed by atoms with E-state index < -0.39 is 0 Å². The Balaban J connectivity index is 2.85. The predicted octanol–water partition coefficient (Wildman–Crippen LogP) is 1.97. The van der Waals surface area contributed by atoms with Gasteiger partial charge in [-0.1, -0.05) is 0 Å². The van der Waals surface area contributed by atoms with E-state index in [1.54, 1.807) is 18.0 Å². The van der Waals surface area contributed by atoms with Gasteiger partial charge in [-0.15, -0.1) is 11.8 Å². The number of benzene rings is 1. The van der Waals surface area contributed by atoms with Crippen molar-refractivity contribution in [2.75, 3.05) is 13.3 Å². The quantitative estimate of drug-likeness (QED) is 0.229. The number of hydrogen-bond acceptors (Lipinski definition) is 2. The number of thioether (sulfide) groups is 1. The Kier molecular flexibility index (Phi) is 3.17. The second-order valence-electron chi connectivity index (χ2n) is 2.45. The maximum atomic E-state index is 10.6. The number of hydroxylamine groups is 1. The van der Waals surface area contributed by atoms with Gasteiger partial charge in [-0.25, -0.2) is 4.74 Å². The van der Waals surface area contributed by atoms with Crippen molar-refractivity contribution in [3.63, 3.8) is 0 Å². The molecule has 0 aliphatic rings. The average molecular weight is 181 g/mol. The van der Waals surface area contributed by atoms with Crippen LogP contribution in [0.15, 0.2) is 29.2 Å². The minimum atomic E-state index is 0.800. The molecule has 0 amide bonds. The fourth-order valence-corrected chi connectivity index (χ4v) is 1.31. The van der Waals surface area contributed by atoms with Crippen LogP contribution < -0.4 is 0 Å². The second kappa shape index (κ2) is 4.16. The fraction of sp³-hybridized carbons (Fsp3) is 0.222. The average Bonchev–Trinajstić information content (AvgIpc) is 2.05. The van der Waals surface area contributed by atoms with Crippen molar-refractivity contribution in [3.05, 3.63) is 35.0 Å². The van der Waals surface area contributed by atoms with Crippen LogP contribution >= 0.6 is 11.8 Å². The lowest BCUT2D eigenvalue weighted by molar-refractivity contribution is -0.416. The molecule has 64 valence electrons. The van der Waals surface area contributed by atoms with Crippen LogP contribution in [0.3, 0.4) is 0 Å². The zero-order valence-electron chi connectivity index (χ0n) is 7.15. The van der Waals surface area contributed by atoms with Crippen LogP contribution in [0.1, 0.15) is 5.56 Å². The van der Waals surface area contributed by atoms with Crippen molar-refractivity contribution in [2.24, 2.45) is 0 Å². The summed E-state index contributed by atoms with van der Waals surface area (Å²) in [4.78, 5) is 1.21. The first-order valence-corrected chi connectivity index (χ1v) is 4.84. The molecule has 0 aliphatic carbocycles. The zero-order valence-corrected chi connectivity index (χ0v) is 7.97. The smallest absolute Gasteiger partial charge is 0.181 e. The summed E-state index contributed by atoms with van der Waals surface area (Å²) in [5.41, 5.74) is 0.935. The fourth-order valence-electron chi connectivity index (χ4n) is 0.900. The first kappa shape index (κ1) is 9.13. The van der Waals surface area contributed by atoms with Crippen molar-refractivity contribution in [1.82, 2.24) is 0 Å². The summed E-state index contributed by atoms with van der Waals surface area (Å²) in [5.74, 6) is 0. The Morgan fingerprint density at radius 3 is 2.33 bits per heavy atom. The number of nitrogens with zero attached hydrogens (tertiary/aromatic N) is 1. The molecule has 12 heavy (non-hydrogen) atoms. The van der Waals surface area contributed by atoms with Gasteiger partial charge in [0.2, 0.25) is 0 Å². The highest BCUT2D eigenvalue weighted by molar-refractivity contribution is 7.98. The van der Waals surface area contributed by atoms with E-state index >= 15 is 0 Å². The molecule has 0 spiro atoms. The van der Waals surface area contributed by atoms with Crippen LogP contribution in [0.4, 0.5) is 0 Å². The molecule has 0 saturated carbocycles. The van der Waals surface area contributed by atoms with Gasteiger partial charge in [-0.05, 0) is 30.5 Å². The van der Waals surface area contributed by atoms with E-state index in [-0.39, 0.29) is 0 Å². The minimum Gasteiger partial charge on any atom is -0.624 e. The Hall–Kier alpha value is -0.960. The van der Waals surface area contributed by atoms with E-state index in [2.05, 4.69) is 0 Å². The van der Waals surface area contributed by atoms with Gasteiger partial charge in [0.25, 0.3) is 0 Å². The molecule has 2 nitrogen and oxygen atoms in total. The maximum absolute atomic E-state index is 10.6. The molecule has 1 rings (SSSR count). The molecule has 3 heteroatoms. The zero-order chi connectivity index (χ0) is 8.97. The third kappa shape index (κ3) is 2.58. The standard InChI is InChI=1S/C9H11NOS/c1-10(11)7-8-3-5-9(12-2)6-4-8/h3-7H,1-2H3/b10-7+. The lowest BCUT2D eigenvalue weighted by atomic mass is 10.2. The van der Waals surface area contributed by atoms with Crippen LogP contribution in [0.2, 0.25) is 0 Å². The van der Waals surface area contributed by atoms with Crippen LogP contribution in [0.5, 0.6) is 0 Å². The summed E-state index contributed by atoms with van der Waals surface area (Å²) in [6, 6.07) is 7.86. The highest BCUT2D eigenvalue weighted by Gasteiger charge is 1.92. The molecular formula is C9H11NOS. The lowest BCUT2D eigenvalue weighted by Gasteiger charge is -1.97. The largest absolute Gasteiger partial charge is 0.624 e. The first-order chi connectivity index (χ1) is 5.72. The second-order valence-corrected chi connectivity index (χ2v) is 3.33. The number of hydrogen-bond donors (Lipinski definition) is 0. The van der Waals surface area contributed by atoms with Crippen molar-refractivity contribution in [3.8, 4) is 0 Å². The van der Waals surface area contributed by atoms with Crippen LogP contribution in [0.25, 0.3) is 0 Å². The molecule has 0 N–H and O–H groups in total. The third-order valence-corrected chi connectivity index (χ3v) is 2.19. The van der Waals surface area contributed by atoms with Crippen LogP contribution in [0, 0.1) is 5.21 Å². The Bertz CT molecular complexity index is 275. The molecular weight excluding hydrogens is 170 g/mol. The Morgan fingerprint density at radius 1 is 1.33 bits per heavy atom. The normalized spacial score (nSPS) is 11.7. The van der Waals surface area contributed by atoms with Crippen LogP contribution in [-0.4, -0.2) is 24.3 Å². The van der Waals surface area contributed by atoms with Gasteiger partial charge in [0.15, 0.2) is 6.21 Å². The lowest BCUT2D eigenvalue weighted by Crippen LogP contribution is -1.96. The van der Waals surface area contributed by atoms with E-state index in [0.717, 1.165) is 10.3 Å². The molecule has 0 heterocycles. The van der Waals surface area contributed by atoms with E-state index in [1.165, 1.54) is 11.9 Å². The first-order valence-electron chi connectivity index (χ1n) is 3.61. The van der Waals surface area contributed by atoms with Gasteiger partial charge >= 0.3 is 0 Å². The molecule has 0 aromatic heterocycles. The SMILES string of the molecule is CSc1ccc(/C=[N+](\C)[O-])cc1. The highest BCUT2D eigenvalue weighted by Crippen LogP contribution is 2.13. The van der Waals surface area contributed by atoms with Gasteiger partial charge < -0.3 is 5.21 Å². The number of rotatable bonds is 2. The summed E-state index contributed by atoms with van der Waals surface area (Å²) < 4.78 is 0.800. The topological polar surface area (TPSA) is 26.1 Å². The van der Waals surface area contributed by atoms with Crippen LogP contribution in [-0.2, 0) is 0 Å². The van der Waals surface area contributed by atoms with E-state index in [1.807, 2.05) is 30.5 Å². The van der Waals surface area contributed by atoms with Gasteiger partial charge in [-0.2, -0.15) is 0 Å². The monoisotopic (exact) mass is 181 g/mol. The van der Waals surface area contributed by atoms with Crippen molar-refractivity contribution >= 4 is 18.0 Å². The summed E-state index contributed by atoms with van der Waals surface area (Å²) >= 11 is 1.69. The van der Waals surface area contributed by atoms with Gasteiger partial charge in [0.1, 0.15) is 7.05 Å². The third-order valence-electron chi connectivity index (χ3n) is 1.45. The summed E-state index contributed by atoms with van der Waals surface area (Å²) in [7, 11) is 1.47. The van der Waals surface area contributed by atoms with Crippen molar-refractivity contribution < 1.29 is 4.74 Å². The molecule has 0 unspecified atom stereocenters. The molecule has 1 aromatic rings. The van der Waals surface area contributed by atoms with Gasteiger partial charge in [-0.3, -0.25) is 0 Å². The molecule has 0 radical (unpaired) electrons. The Morgan fingerprint density at radius 2 is 1.92 bits per heavy atom. The minimum absolute atomic E-state index is 0.800. The molecule has 0 aliphatic heterocycles. The predicted molar refractivity (Wildman–Crippen MR) is 52.9 cm³/mol. The molecule has 1 aromatic carbocycles.